The summed E-state index contributed by atoms with van der Waals surface area (Å²) in [7, 11) is -3.25. The molecule has 1 N–H and O–H groups in total. The molecular formula is C15H22N2O3S. The monoisotopic (exact) mass is 310 g/mol. The van der Waals surface area contributed by atoms with Crippen molar-refractivity contribution >= 4 is 21.6 Å². The molecular weight excluding hydrogens is 288 g/mol. The molecule has 0 bridgehead atoms. The van der Waals surface area contributed by atoms with Gasteiger partial charge in [-0.15, -0.1) is 0 Å². The smallest absolute Gasteiger partial charge is 0.228 e. The zero-order valence-corrected chi connectivity index (χ0v) is 13.6. The average molecular weight is 310 g/mol. The molecule has 0 spiro atoms. The van der Waals surface area contributed by atoms with E-state index in [1.54, 1.807) is 4.90 Å². The van der Waals surface area contributed by atoms with E-state index in [9.17, 15) is 13.2 Å². The lowest BCUT2D eigenvalue weighted by Crippen LogP contribution is -2.38. The Morgan fingerprint density at radius 3 is 2.71 bits per heavy atom. The Morgan fingerprint density at radius 2 is 2.05 bits per heavy atom. The van der Waals surface area contributed by atoms with Gasteiger partial charge < -0.3 is 4.90 Å². The fraction of sp³-hybridized carbons (Fsp3) is 0.533. The minimum atomic E-state index is -3.25. The van der Waals surface area contributed by atoms with Gasteiger partial charge in [-0.05, 0) is 49.4 Å². The maximum Gasteiger partial charge on any atom is 0.228 e. The van der Waals surface area contributed by atoms with Crippen LogP contribution in [0.2, 0.25) is 0 Å². The minimum absolute atomic E-state index is 0.0305. The maximum absolute atomic E-state index is 12.4. The summed E-state index contributed by atoms with van der Waals surface area (Å²) < 4.78 is 24.4. The summed E-state index contributed by atoms with van der Waals surface area (Å²) in [5.74, 6) is -0.0305. The van der Waals surface area contributed by atoms with Crippen molar-refractivity contribution < 1.29 is 13.2 Å². The second-order valence-corrected chi connectivity index (χ2v) is 7.48. The molecule has 116 valence electrons. The number of rotatable bonds is 4. The van der Waals surface area contributed by atoms with E-state index in [1.807, 2.05) is 13.0 Å². The molecule has 5 nitrogen and oxygen atoms in total. The van der Waals surface area contributed by atoms with Crippen molar-refractivity contribution in [3.63, 3.8) is 0 Å². The third-order valence-electron chi connectivity index (χ3n) is 3.70. The predicted molar refractivity (Wildman–Crippen MR) is 84.1 cm³/mol. The Kier molecular flexibility index (Phi) is 4.68. The number of carbonyl (C=O) groups excluding carboxylic acids is 1. The van der Waals surface area contributed by atoms with Crippen LogP contribution in [0.15, 0.2) is 12.1 Å². The Labute approximate surface area is 126 Å². The molecule has 0 saturated carbocycles. The molecule has 2 rings (SSSR count). The molecule has 6 heteroatoms. The summed E-state index contributed by atoms with van der Waals surface area (Å²) in [5.41, 5.74) is 4.58. The molecule has 0 atom stereocenters. The van der Waals surface area contributed by atoms with Gasteiger partial charge >= 0.3 is 0 Å². The van der Waals surface area contributed by atoms with E-state index >= 15 is 0 Å². The second kappa shape index (κ2) is 6.15. The summed E-state index contributed by atoms with van der Waals surface area (Å²) in [6.07, 6.45) is 3.22. The van der Waals surface area contributed by atoms with Gasteiger partial charge in [-0.3, -0.25) is 4.79 Å². The molecule has 1 aromatic rings. The zero-order chi connectivity index (χ0) is 15.6. The number of nitrogens with zero attached hydrogens (tertiary/aromatic N) is 1. The first-order chi connectivity index (χ1) is 9.78. The molecule has 1 heterocycles. The van der Waals surface area contributed by atoms with Crippen molar-refractivity contribution in [2.75, 3.05) is 24.2 Å². The molecule has 1 aliphatic rings. The highest BCUT2D eigenvalue weighted by atomic mass is 32.2. The fourth-order valence-corrected chi connectivity index (χ4v) is 3.29. The van der Waals surface area contributed by atoms with Crippen LogP contribution in [0.25, 0.3) is 0 Å². The third kappa shape index (κ3) is 4.04. The van der Waals surface area contributed by atoms with Gasteiger partial charge in [0.05, 0.1) is 6.26 Å². The van der Waals surface area contributed by atoms with Gasteiger partial charge in [0.15, 0.2) is 0 Å². The number of sulfonamides is 1. The molecule has 1 amide bonds. The van der Waals surface area contributed by atoms with Crippen LogP contribution in [-0.2, 0) is 21.2 Å². The number of fused-ring (bicyclic) bond motifs is 1. The van der Waals surface area contributed by atoms with Gasteiger partial charge in [0.2, 0.25) is 15.9 Å². The number of hydrogen-bond acceptors (Lipinski definition) is 3. The molecule has 0 saturated heterocycles. The normalized spacial score (nSPS) is 14.9. The molecule has 0 aromatic heterocycles. The van der Waals surface area contributed by atoms with Gasteiger partial charge in [0.1, 0.15) is 0 Å². The van der Waals surface area contributed by atoms with Crippen molar-refractivity contribution in [2.45, 2.75) is 33.1 Å². The Hall–Kier alpha value is -1.40. The van der Waals surface area contributed by atoms with E-state index in [0.717, 1.165) is 30.3 Å². The van der Waals surface area contributed by atoms with Crippen molar-refractivity contribution in [2.24, 2.45) is 0 Å². The summed E-state index contributed by atoms with van der Waals surface area (Å²) in [6, 6.07) is 4.18. The molecule has 0 unspecified atom stereocenters. The third-order valence-corrected chi connectivity index (χ3v) is 4.43. The Morgan fingerprint density at radius 1 is 1.33 bits per heavy atom. The zero-order valence-electron chi connectivity index (χ0n) is 12.8. The van der Waals surface area contributed by atoms with Crippen molar-refractivity contribution in [3.8, 4) is 0 Å². The first-order valence-corrected chi connectivity index (χ1v) is 9.02. The fourth-order valence-electron chi connectivity index (χ4n) is 2.81. The maximum atomic E-state index is 12.4. The number of anilines is 1. The standard InChI is InChI=1S/C15H22N2O3S/c1-11-9-12(2)13-5-4-8-17(14(13)10-11)15(18)6-7-16-21(3,19)20/h9-10,16H,4-8H2,1-3H3. The van der Waals surface area contributed by atoms with E-state index < -0.39 is 10.0 Å². The van der Waals surface area contributed by atoms with Crippen molar-refractivity contribution in [1.29, 1.82) is 0 Å². The lowest BCUT2D eigenvalue weighted by Gasteiger charge is -2.31. The first kappa shape index (κ1) is 16.0. The molecule has 0 fully saturated rings. The van der Waals surface area contributed by atoms with Gasteiger partial charge in [-0.25, -0.2) is 13.1 Å². The summed E-state index contributed by atoms with van der Waals surface area (Å²) in [4.78, 5) is 14.2. The highest BCUT2D eigenvalue weighted by molar-refractivity contribution is 7.88. The van der Waals surface area contributed by atoms with Crippen LogP contribution in [0.4, 0.5) is 5.69 Å². The topological polar surface area (TPSA) is 66.5 Å². The van der Waals surface area contributed by atoms with Crippen LogP contribution in [0, 0.1) is 13.8 Å². The number of carbonyl (C=O) groups is 1. The number of hydrogen-bond donors (Lipinski definition) is 1. The SMILES string of the molecule is Cc1cc(C)c2c(c1)N(C(=O)CCNS(C)(=O)=O)CCC2. The molecule has 0 radical (unpaired) electrons. The lowest BCUT2D eigenvalue weighted by atomic mass is 9.95. The van der Waals surface area contributed by atoms with E-state index in [4.69, 9.17) is 0 Å². The van der Waals surface area contributed by atoms with Gasteiger partial charge in [0.25, 0.3) is 0 Å². The molecule has 0 aliphatic carbocycles. The van der Waals surface area contributed by atoms with Crippen molar-refractivity contribution in [1.82, 2.24) is 4.72 Å². The predicted octanol–water partition coefficient (Wildman–Crippen LogP) is 1.52. The highest BCUT2D eigenvalue weighted by Gasteiger charge is 2.23. The summed E-state index contributed by atoms with van der Waals surface area (Å²) in [6.45, 7) is 4.95. The minimum Gasteiger partial charge on any atom is -0.312 e. The van der Waals surface area contributed by atoms with Crippen LogP contribution in [0.3, 0.4) is 0 Å². The summed E-state index contributed by atoms with van der Waals surface area (Å²) >= 11 is 0. The summed E-state index contributed by atoms with van der Waals surface area (Å²) in [5, 5.41) is 0. The molecule has 1 aromatic carbocycles. The van der Waals surface area contributed by atoms with Crippen LogP contribution in [0.1, 0.15) is 29.5 Å². The average Bonchev–Trinajstić information content (AvgIpc) is 2.36. The number of nitrogens with one attached hydrogen (secondary N) is 1. The first-order valence-electron chi connectivity index (χ1n) is 7.13. The largest absolute Gasteiger partial charge is 0.312 e. The lowest BCUT2D eigenvalue weighted by molar-refractivity contribution is -0.118. The van der Waals surface area contributed by atoms with Crippen LogP contribution >= 0.6 is 0 Å². The Bertz CT molecular complexity index is 653. The molecule has 21 heavy (non-hydrogen) atoms. The second-order valence-electron chi connectivity index (χ2n) is 5.64. The van der Waals surface area contributed by atoms with Crippen molar-refractivity contribution in [3.05, 3.63) is 28.8 Å². The van der Waals surface area contributed by atoms with Crippen LogP contribution in [-0.4, -0.2) is 33.7 Å². The van der Waals surface area contributed by atoms with Gasteiger partial charge in [-0.2, -0.15) is 0 Å². The Balaban J connectivity index is 2.14. The molecule has 1 aliphatic heterocycles. The quantitative estimate of drug-likeness (QED) is 0.917. The van der Waals surface area contributed by atoms with E-state index in [0.29, 0.717) is 6.54 Å². The van der Waals surface area contributed by atoms with E-state index in [1.165, 1.54) is 11.1 Å². The van der Waals surface area contributed by atoms with Crippen LogP contribution in [0.5, 0.6) is 0 Å². The van der Waals surface area contributed by atoms with Gasteiger partial charge in [-0.1, -0.05) is 6.07 Å². The van der Waals surface area contributed by atoms with E-state index in [2.05, 4.69) is 17.7 Å². The number of amides is 1. The highest BCUT2D eigenvalue weighted by Crippen LogP contribution is 2.31. The van der Waals surface area contributed by atoms with Crippen LogP contribution < -0.4 is 9.62 Å². The number of aryl methyl sites for hydroxylation is 2. The number of benzene rings is 1. The van der Waals surface area contributed by atoms with Gasteiger partial charge in [0, 0.05) is 25.2 Å². The van der Waals surface area contributed by atoms with E-state index in [-0.39, 0.29) is 18.9 Å².